The molecule has 2 aromatic carbocycles. The number of carbonyl (C=O) groups is 1. The van der Waals surface area contributed by atoms with E-state index in [0.29, 0.717) is 22.9 Å². The van der Waals surface area contributed by atoms with Crippen molar-refractivity contribution in [3.05, 3.63) is 79.1 Å². The van der Waals surface area contributed by atoms with Crippen LogP contribution in [0.4, 0.5) is 28.8 Å². The zero-order chi connectivity index (χ0) is 24.2. The number of aromatic nitrogens is 2. The second-order valence-electron chi connectivity index (χ2n) is 8.62. The summed E-state index contributed by atoms with van der Waals surface area (Å²) in [6, 6.07) is 17.8. The van der Waals surface area contributed by atoms with Gasteiger partial charge in [-0.1, -0.05) is 24.8 Å². The van der Waals surface area contributed by atoms with Crippen molar-refractivity contribution < 1.29 is 9.21 Å². The fourth-order valence-electron chi connectivity index (χ4n) is 4.14. The molecule has 8 heteroatoms. The highest BCUT2D eigenvalue weighted by Crippen LogP contribution is 2.29. The molecule has 3 heterocycles. The van der Waals surface area contributed by atoms with Crippen molar-refractivity contribution in [1.29, 1.82) is 0 Å². The first-order valence-electron chi connectivity index (χ1n) is 11.6. The first kappa shape index (κ1) is 22.6. The van der Waals surface area contributed by atoms with Crippen LogP contribution in [0.3, 0.4) is 0 Å². The monoisotopic (exact) mass is 468 g/mol. The molecular formula is C27H28N6O2. The fraction of sp³-hybridized carbons (Fsp3) is 0.222. The number of anilines is 5. The number of allylic oxidation sites excluding steroid dienone is 1. The molecule has 0 atom stereocenters. The molecule has 0 radical (unpaired) electrons. The first-order valence-corrected chi connectivity index (χ1v) is 11.6. The maximum absolute atomic E-state index is 11.9. The van der Waals surface area contributed by atoms with Crippen molar-refractivity contribution in [3.8, 4) is 0 Å². The molecule has 1 fully saturated rings. The van der Waals surface area contributed by atoms with Crippen molar-refractivity contribution in [2.45, 2.75) is 6.42 Å². The smallest absolute Gasteiger partial charge is 0.230 e. The quantitative estimate of drug-likeness (QED) is 0.358. The number of hydrogen-bond donors (Lipinski definition) is 2. The lowest BCUT2D eigenvalue weighted by Crippen LogP contribution is -2.44. The normalized spacial score (nSPS) is 14.1. The molecule has 0 amide bonds. The Morgan fingerprint density at radius 1 is 1.03 bits per heavy atom. The lowest BCUT2D eigenvalue weighted by Gasteiger charge is -2.34. The van der Waals surface area contributed by atoms with Crippen LogP contribution < -0.4 is 15.5 Å². The Morgan fingerprint density at radius 2 is 1.80 bits per heavy atom. The number of piperazine rings is 1. The van der Waals surface area contributed by atoms with E-state index < -0.39 is 0 Å². The molecule has 1 aliphatic rings. The van der Waals surface area contributed by atoms with Crippen LogP contribution in [-0.2, 0) is 11.2 Å². The van der Waals surface area contributed by atoms with E-state index in [1.54, 1.807) is 12.3 Å². The Balaban J connectivity index is 1.37. The number of hydrogen-bond acceptors (Lipinski definition) is 8. The Labute approximate surface area is 204 Å². The SMILES string of the molecule is C=CC(=O)Cc1ccccc1Nc1nc(Nc2ccc(N3CCN(C)CC3)cc2)nc2ccoc12. The second kappa shape index (κ2) is 9.99. The third kappa shape index (κ3) is 5.17. The molecule has 5 rings (SSSR count). The maximum Gasteiger partial charge on any atom is 0.230 e. The summed E-state index contributed by atoms with van der Waals surface area (Å²) in [6.07, 6.45) is 3.18. The minimum absolute atomic E-state index is 0.0486. The van der Waals surface area contributed by atoms with Gasteiger partial charge in [-0.15, -0.1) is 0 Å². The number of benzene rings is 2. The summed E-state index contributed by atoms with van der Waals surface area (Å²) < 4.78 is 5.65. The average molecular weight is 469 g/mol. The molecule has 35 heavy (non-hydrogen) atoms. The van der Waals surface area contributed by atoms with Gasteiger partial charge < -0.3 is 24.9 Å². The van der Waals surface area contributed by atoms with Crippen molar-refractivity contribution in [2.75, 3.05) is 48.8 Å². The molecule has 2 aromatic heterocycles. The highest BCUT2D eigenvalue weighted by atomic mass is 16.3. The summed E-state index contributed by atoms with van der Waals surface area (Å²) >= 11 is 0. The van der Waals surface area contributed by atoms with E-state index in [2.05, 4.69) is 56.2 Å². The van der Waals surface area contributed by atoms with E-state index in [-0.39, 0.29) is 12.2 Å². The van der Waals surface area contributed by atoms with Gasteiger partial charge in [-0.2, -0.15) is 4.98 Å². The number of fused-ring (bicyclic) bond motifs is 1. The molecule has 0 saturated carbocycles. The van der Waals surface area contributed by atoms with Crippen molar-refractivity contribution in [3.63, 3.8) is 0 Å². The van der Waals surface area contributed by atoms with Gasteiger partial charge in [0.15, 0.2) is 17.2 Å². The Hall–Kier alpha value is -4.17. The lowest BCUT2D eigenvalue weighted by atomic mass is 10.1. The average Bonchev–Trinajstić information content (AvgIpc) is 3.35. The molecule has 1 aliphatic heterocycles. The summed E-state index contributed by atoms with van der Waals surface area (Å²) in [5, 5.41) is 6.64. The Morgan fingerprint density at radius 3 is 2.57 bits per heavy atom. The van der Waals surface area contributed by atoms with Gasteiger partial charge in [-0.05, 0) is 49.0 Å². The van der Waals surface area contributed by atoms with E-state index in [0.717, 1.165) is 43.1 Å². The van der Waals surface area contributed by atoms with E-state index in [1.807, 2.05) is 36.4 Å². The summed E-state index contributed by atoms with van der Waals surface area (Å²) in [5.74, 6) is 0.927. The van der Waals surface area contributed by atoms with Crippen LogP contribution in [0.15, 0.2) is 77.9 Å². The lowest BCUT2D eigenvalue weighted by molar-refractivity contribution is -0.114. The van der Waals surface area contributed by atoms with Gasteiger partial charge >= 0.3 is 0 Å². The van der Waals surface area contributed by atoms with Crippen LogP contribution in [0, 0.1) is 0 Å². The fourth-order valence-corrected chi connectivity index (χ4v) is 4.14. The molecule has 1 saturated heterocycles. The van der Waals surface area contributed by atoms with Gasteiger partial charge in [-0.25, -0.2) is 4.98 Å². The van der Waals surface area contributed by atoms with Crippen LogP contribution in [0.1, 0.15) is 5.56 Å². The third-order valence-corrected chi connectivity index (χ3v) is 6.16. The van der Waals surface area contributed by atoms with Gasteiger partial charge in [0.25, 0.3) is 0 Å². The van der Waals surface area contributed by atoms with Crippen LogP contribution in [-0.4, -0.2) is 53.9 Å². The number of likely N-dealkylation sites (N-methyl/N-ethyl adjacent to an activating group) is 1. The number of ketones is 1. The van der Waals surface area contributed by atoms with Gasteiger partial charge in [-0.3, -0.25) is 4.79 Å². The molecule has 4 aromatic rings. The zero-order valence-electron chi connectivity index (χ0n) is 19.7. The van der Waals surface area contributed by atoms with Crippen LogP contribution in [0.5, 0.6) is 0 Å². The molecule has 2 N–H and O–H groups in total. The van der Waals surface area contributed by atoms with E-state index >= 15 is 0 Å². The van der Waals surface area contributed by atoms with Gasteiger partial charge in [0, 0.05) is 55.7 Å². The van der Waals surface area contributed by atoms with E-state index in [9.17, 15) is 4.79 Å². The zero-order valence-corrected chi connectivity index (χ0v) is 19.7. The summed E-state index contributed by atoms with van der Waals surface area (Å²) in [7, 11) is 2.16. The minimum Gasteiger partial charge on any atom is -0.459 e. The number of rotatable bonds is 8. The molecule has 0 aliphatic carbocycles. The van der Waals surface area contributed by atoms with E-state index in [1.165, 1.54) is 11.8 Å². The topological polar surface area (TPSA) is 86.5 Å². The van der Waals surface area contributed by atoms with Crippen LogP contribution >= 0.6 is 0 Å². The Kier molecular flexibility index (Phi) is 6.45. The van der Waals surface area contributed by atoms with Gasteiger partial charge in [0.05, 0.1) is 6.26 Å². The highest BCUT2D eigenvalue weighted by molar-refractivity contribution is 5.93. The molecule has 0 unspecified atom stereocenters. The molecule has 178 valence electrons. The highest BCUT2D eigenvalue weighted by Gasteiger charge is 2.16. The molecular weight excluding hydrogens is 440 g/mol. The maximum atomic E-state index is 11.9. The largest absolute Gasteiger partial charge is 0.459 e. The molecule has 0 spiro atoms. The van der Waals surface area contributed by atoms with Crippen LogP contribution in [0.25, 0.3) is 11.1 Å². The van der Waals surface area contributed by atoms with Crippen molar-refractivity contribution in [1.82, 2.24) is 14.9 Å². The number of nitrogens with one attached hydrogen (secondary N) is 2. The van der Waals surface area contributed by atoms with Crippen LogP contribution in [0.2, 0.25) is 0 Å². The minimum atomic E-state index is -0.0486. The summed E-state index contributed by atoms with van der Waals surface area (Å²) in [4.78, 5) is 26.0. The molecule has 0 bridgehead atoms. The number of para-hydroxylation sites is 1. The third-order valence-electron chi connectivity index (χ3n) is 6.16. The standard InChI is InChI=1S/C27H28N6O2/c1-3-22(34)18-19-6-4-5-7-23(19)29-26-25-24(12-17-35-25)30-27(31-26)28-20-8-10-21(11-9-20)33-15-13-32(2)14-16-33/h3-12,17H,1,13-16,18H2,2H3,(H2,28,29,30,31). The second-order valence-corrected chi connectivity index (χ2v) is 8.62. The number of nitrogens with zero attached hydrogens (tertiary/aromatic N) is 4. The number of furan rings is 1. The molecule has 8 nitrogen and oxygen atoms in total. The number of carbonyl (C=O) groups excluding carboxylic acids is 1. The predicted molar refractivity (Wildman–Crippen MR) is 140 cm³/mol. The Bertz CT molecular complexity index is 1340. The van der Waals surface area contributed by atoms with Gasteiger partial charge in [0.2, 0.25) is 5.95 Å². The predicted octanol–water partition coefficient (Wildman–Crippen LogP) is 4.76. The summed E-state index contributed by atoms with van der Waals surface area (Å²) in [6.45, 7) is 7.76. The summed E-state index contributed by atoms with van der Waals surface area (Å²) in [5.41, 5.74) is 4.97. The van der Waals surface area contributed by atoms with Crippen molar-refractivity contribution >= 4 is 45.7 Å². The van der Waals surface area contributed by atoms with Gasteiger partial charge in [0.1, 0.15) is 5.52 Å². The van der Waals surface area contributed by atoms with E-state index in [4.69, 9.17) is 4.42 Å². The first-order chi connectivity index (χ1) is 17.1. The van der Waals surface area contributed by atoms with Crippen molar-refractivity contribution in [2.24, 2.45) is 0 Å².